The van der Waals surface area contributed by atoms with Crippen molar-refractivity contribution >= 4 is 29.4 Å². The number of hydrogen-bond acceptors (Lipinski definition) is 7. The van der Waals surface area contributed by atoms with E-state index in [0.717, 1.165) is 0 Å². The molecule has 0 radical (unpaired) electrons. The highest BCUT2D eigenvalue weighted by Gasteiger charge is 2.66. The van der Waals surface area contributed by atoms with Crippen molar-refractivity contribution in [1.29, 1.82) is 5.26 Å². The molecule has 11 nitrogen and oxygen atoms in total. The third-order valence-corrected chi connectivity index (χ3v) is 10.8. The van der Waals surface area contributed by atoms with Gasteiger partial charge in [0.15, 0.2) is 11.6 Å². The second-order valence-corrected chi connectivity index (χ2v) is 14.6. The quantitative estimate of drug-likeness (QED) is 0.521. The van der Waals surface area contributed by atoms with E-state index in [1.165, 1.54) is 16.0 Å². The Bertz CT molecular complexity index is 1530. The molecule has 4 heterocycles. The molecule has 1 unspecified atom stereocenters. The van der Waals surface area contributed by atoms with Crippen molar-refractivity contribution in [3.05, 3.63) is 18.3 Å². The second-order valence-electron chi connectivity index (χ2n) is 14.6. The van der Waals surface area contributed by atoms with Gasteiger partial charge in [-0.15, -0.1) is 0 Å². The van der Waals surface area contributed by atoms with Crippen molar-refractivity contribution in [2.45, 2.75) is 82.3 Å². The average Bonchev–Trinajstić information content (AvgIpc) is 3.43. The van der Waals surface area contributed by atoms with Crippen LogP contribution in [0.3, 0.4) is 0 Å². The van der Waals surface area contributed by atoms with Crippen LogP contribution in [0.2, 0.25) is 0 Å². The number of amides is 4. The summed E-state index contributed by atoms with van der Waals surface area (Å²) in [5.74, 6) is -8.04. The van der Waals surface area contributed by atoms with Gasteiger partial charge in [0.2, 0.25) is 23.3 Å². The lowest BCUT2D eigenvalue weighted by atomic mass is 9.77. The van der Waals surface area contributed by atoms with Crippen LogP contribution < -0.4 is 15.4 Å². The number of carbonyl (C=O) groups is 4. The molecule has 1 aromatic heterocycles. The highest BCUT2D eigenvalue weighted by atomic mass is 19.3. The molecule has 14 heteroatoms. The Kier molecular flexibility index (Phi) is 6.49. The van der Waals surface area contributed by atoms with Gasteiger partial charge in [-0.3, -0.25) is 19.2 Å². The zero-order valence-electron chi connectivity index (χ0n) is 25.1. The van der Waals surface area contributed by atoms with E-state index in [4.69, 9.17) is 4.74 Å². The number of nitriles is 1. The van der Waals surface area contributed by atoms with Crippen LogP contribution >= 0.6 is 0 Å². The molecule has 4 amide bonds. The van der Waals surface area contributed by atoms with Crippen LogP contribution in [0.1, 0.15) is 46.5 Å². The first-order chi connectivity index (χ1) is 21.1. The lowest BCUT2D eigenvalue weighted by Gasteiger charge is -2.39. The van der Waals surface area contributed by atoms with Crippen molar-refractivity contribution < 1.29 is 37.1 Å². The first-order valence-corrected chi connectivity index (χ1v) is 15.4. The van der Waals surface area contributed by atoms with E-state index in [9.17, 15) is 33.2 Å². The molecule has 1 aromatic rings. The van der Waals surface area contributed by atoms with Crippen LogP contribution in [0.15, 0.2) is 18.3 Å². The van der Waals surface area contributed by atoms with Crippen molar-refractivity contribution in [3.8, 4) is 11.8 Å². The molecule has 2 saturated heterocycles. The van der Waals surface area contributed by atoms with Gasteiger partial charge in [0, 0.05) is 25.6 Å². The maximum absolute atomic E-state index is 15.2. The number of aromatic nitrogens is 1. The number of pyridine rings is 1. The van der Waals surface area contributed by atoms with E-state index >= 15 is 4.39 Å². The van der Waals surface area contributed by atoms with Gasteiger partial charge in [-0.2, -0.15) is 5.26 Å². The summed E-state index contributed by atoms with van der Waals surface area (Å²) < 4.78 is 48.8. The number of hydrogen-bond donors (Lipinski definition) is 2. The molecule has 1 spiro atoms. The maximum atomic E-state index is 15.2. The molecule has 45 heavy (non-hydrogen) atoms. The molecular formula is C31H35F3N6O5. The maximum Gasteiger partial charge on any atom is 0.271 e. The van der Waals surface area contributed by atoms with Crippen LogP contribution in [0.25, 0.3) is 0 Å². The van der Waals surface area contributed by atoms with E-state index in [0.29, 0.717) is 18.6 Å². The Hall–Kier alpha value is -3.89. The van der Waals surface area contributed by atoms with E-state index in [-0.39, 0.29) is 37.2 Å². The zero-order chi connectivity index (χ0) is 32.2. The van der Waals surface area contributed by atoms with E-state index < -0.39 is 89.0 Å². The number of anilines is 1. The molecule has 3 aliphatic heterocycles. The van der Waals surface area contributed by atoms with Gasteiger partial charge in [-0.05, 0) is 54.1 Å². The Morgan fingerprint density at radius 1 is 1.20 bits per heavy atom. The summed E-state index contributed by atoms with van der Waals surface area (Å²) in [5, 5.41) is 15.4. The highest BCUT2D eigenvalue weighted by Crippen LogP contribution is 2.59. The molecule has 3 aliphatic carbocycles. The molecule has 6 aliphatic rings. The predicted molar refractivity (Wildman–Crippen MR) is 150 cm³/mol. The van der Waals surface area contributed by atoms with Crippen molar-refractivity contribution in [2.75, 3.05) is 18.4 Å². The molecule has 3 saturated carbocycles. The summed E-state index contributed by atoms with van der Waals surface area (Å²) in [6.07, 6.45) is 0.535. The molecular weight excluding hydrogens is 593 g/mol. The number of carbonyl (C=O) groups excluding carboxylic acids is 4. The van der Waals surface area contributed by atoms with Gasteiger partial charge in [0.05, 0.1) is 12.6 Å². The van der Waals surface area contributed by atoms with Gasteiger partial charge in [0.1, 0.15) is 30.2 Å². The van der Waals surface area contributed by atoms with Crippen LogP contribution in [-0.4, -0.2) is 87.3 Å². The van der Waals surface area contributed by atoms with Crippen molar-refractivity contribution in [2.24, 2.45) is 35.0 Å². The first kappa shape index (κ1) is 29.8. The summed E-state index contributed by atoms with van der Waals surface area (Å²) in [4.78, 5) is 61.8. The van der Waals surface area contributed by atoms with Gasteiger partial charge < -0.3 is 25.2 Å². The van der Waals surface area contributed by atoms with Crippen LogP contribution in [0, 0.1) is 46.3 Å². The minimum absolute atomic E-state index is 0.0379. The summed E-state index contributed by atoms with van der Waals surface area (Å²) >= 11 is 0. The molecule has 10 atom stereocenters. The molecule has 5 fully saturated rings. The minimum Gasteiger partial charge on any atom is -0.472 e. The number of rotatable bonds is 4. The van der Waals surface area contributed by atoms with Crippen molar-refractivity contribution in [3.63, 3.8) is 0 Å². The largest absolute Gasteiger partial charge is 0.472 e. The Labute approximate surface area is 257 Å². The Balaban J connectivity index is 1.21. The number of likely N-dealkylation sites (tertiary alicyclic amines) is 2. The summed E-state index contributed by atoms with van der Waals surface area (Å²) in [5.41, 5.74) is -2.49. The smallest absolute Gasteiger partial charge is 0.271 e. The van der Waals surface area contributed by atoms with Crippen LogP contribution in [-0.2, 0) is 19.2 Å². The molecule has 7 rings (SSSR count). The summed E-state index contributed by atoms with van der Waals surface area (Å²) in [7, 11) is 0. The SMILES string of the molecule is CC(C)(C)[C@H](NC(=O)[C@@H]1CC1(F)F)C(=O)N1CC2[C@H]3C[C@@H]([C@@H]2[C@H]1C(=O)N1C[C@@]2(C[C@H]1C#N)Oc1cccnc1NC2=O)[C@H](F)C3. The number of fused-ring (bicyclic) bond motifs is 6. The third-order valence-electron chi connectivity index (χ3n) is 10.8. The van der Waals surface area contributed by atoms with E-state index in [2.05, 4.69) is 21.7 Å². The van der Waals surface area contributed by atoms with Gasteiger partial charge in [-0.1, -0.05) is 20.8 Å². The molecule has 2 bridgehead atoms. The fraction of sp³-hybridized carbons (Fsp3) is 0.677. The highest BCUT2D eigenvalue weighted by molar-refractivity contribution is 6.01. The lowest BCUT2D eigenvalue weighted by molar-refractivity contribution is -0.150. The molecule has 2 N–H and O–H groups in total. The van der Waals surface area contributed by atoms with Gasteiger partial charge in [-0.25, -0.2) is 18.2 Å². The fourth-order valence-electron chi connectivity index (χ4n) is 8.48. The van der Waals surface area contributed by atoms with E-state index in [1.807, 2.05) is 0 Å². The zero-order valence-corrected chi connectivity index (χ0v) is 25.1. The number of halogens is 3. The molecule has 240 valence electrons. The third kappa shape index (κ3) is 4.55. The number of nitrogens with zero attached hydrogens (tertiary/aromatic N) is 4. The summed E-state index contributed by atoms with van der Waals surface area (Å²) in [6, 6.07) is 1.88. The Morgan fingerprint density at radius 2 is 1.93 bits per heavy atom. The standard InChI is InChI=1S/C31H35F3N6O5/c1-29(2,3)23(37-25(41)18-10-31(18,33)34)27(43)39-12-17-14-7-16(19(32)8-14)21(17)22(39)26(42)40-13-30(9-15(40)11-35)28(44)38-24-20(45-30)5-4-6-36-24/h4-6,14-19,21-23H,7-10,12-13H2,1-3H3,(H,37,41)(H,36,38,44)/t14-,15-,16+,17?,18-,19+,21-,22-,23+,30+/m0/s1. The predicted octanol–water partition coefficient (Wildman–Crippen LogP) is 2.28. The molecule has 0 aromatic carbocycles. The lowest BCUT2D eigenvalue weighted by Crippen LogP contribution is -2.60. The van der Waals surface area contributed by atoms with Crippen molar-refractivity contribution in [1.82, 2.24) is 20.1 Å². The summed E-state index contributed by atoms with van der Waals surface area (Å²) in [6.45, 7) is 4.94. The van der Waals surface area contributed by atoms with E-state index in [1.54, 1.807) is 32.9 Å². The van der Waals surface area contributed by atoms with Gasteiger partial charge >= 0.3 is 0 Å². The topological polar surface area (TPSA) is 145 Å². The number of nitrogens with one attached hydrogen (secondary N) is 2. The second kappa shape index (κ2) is 9.80. The Morgan fingerprint density at radius 3 is 2.60 bits per heavy atom. The van der Waals surface area contributed by atoms with Gasteiger partial charge in [0.25, 0.3) is 11.8 Å². The van der Waals surface area contributed by atoms with Crippen LogP contribution in [0.4, 0.5) is 19.0 Å². The average molecular weight is 629 g/mol. The minimum atomic E-state index is -3.13. The number of alkyl halides is 3. The monoisotopic (exact) mass is 628 g/mol. The first-order valence-electron chi connectivity index (χ1n) is 15.4. The fourth-order valence-corrected chi connectivity index (χ4v) is 8.48. The normalized spacial score (nSPS) is 37.8. The van der Waals surface area contributed by atoms with Crippen LogP contribution in [0.5, 0.6) is 5.75 Å². The number of ether oxygens (including phenoxy) is 1.